The molecule has 0 saturated heterocycles. The highest BCUT2D eigenvalue weighted by Crippen LogP contribution is 2.32. The van der Waals surface area contributed by atoms with Gasteiger partial charge in [-0.3, -0.25) is 19.2 Å². The third-order valence-corrected chi connectivity index (χ3v) is 6.02. The van der Waals surface area contributed by atoms with Crippen LogP contribution < -0.4 is 10.8 Å². The minimum atomic E-state index is -0.675. The van der Waals surface area contributed by atoms with Gasteiger partial charge in [-0.25, -0.2) is 15.1 Å². The number of hydrogen-bond acceptors (Lipinski definition) is 6. The Labute approximate surface area is 224 Å². The predicted octanol–water partition coefficient (Wildman–Crippen LogP) is 4.21. The van der Waals surface area contributed by atoms with Crippen molar-refractivity contribution in [2.45, 2.75) is 0 Å². The summed E-state index contributed by atoms with van der Waals surface area (Å²) in [6.07, 6.45) is 1.52. The summed E-state index contributed by atoms with van der Waals surface area (Å²) in [6, 6.07) is 7.92. The van der Waals surface area contributed by atoms with Crippen molar-refractivity contribution in [3.63, 3.8) is 0 Å². The van der Waals surface area contributed by atoms with Crippen molar-refractivity contribution in [1.29, 1.82) is 0 Å². The molecule has 3 aromatic rings. The first-order valence-electron chi connectivity index (χ1n) is 9.37. The molecule has 0 radical (unpaired) electrons. The predicted molar refractivity (Wildman–Crippen MR) is 136 cm³/mol. The fourth-order valence-electron chi connectivity index (χ4n) is 2.61. The van der Waals surface area contributed by atoms with Gasteiger partial charge in [0.05, 0.1) is 16.3 Å². The molecule has 0 spiro atoms. The SMILES string of the molecule is CN(C)C(=O)CONC(=O)c1cc(Br)cc(Br)c1NC(=O)c1cc(Br)nn1-c1ncccc1Cl. The van der Waals surface area contributed by atoms with Crippen molar-refractivity contribution >= 4 is 82.8 Å². The second-order valence-electron chi connectivity index (χ2n) is 6.85. The molecule has 34 heavy (non-hydrogen) atoms. The number of halogens is 4. The van der Waals surface area contributed by atoms with Gasteiger partial charge in [0.25, 0.3) is 17.7 Å². The first-order valence-corrected chi connectivity index (χ1v) is 12.1. The van der Waals surface area contributed by atoms with Gasteiger partial charge >= 0.3 is 0 Å². The summed E-state index contributed by atoms with van der Waals surface area (Å²) in [5.41, 5.74) is 2.57. The van der Waals surface area contributed by atoms with Gasteiger partial charge in [-0.1, -0.05) is 27.5 Å². The third-order valence-electron chi connectivity index (χ3n) is 4.25. The van der Waals surface area contributed by atoms with Gasteiger partial charge in [0.2, 0.25) is 0 Å². The topological polar surface area (TPSA) is 118 Å². The third kappa shape index (κ3) is 6.21. The number of aromatic nitrogens is 3. The second kappa shape index (κ2) is 11.4. The van der Waals surface area contributed by atoms with E-state index >= 15 is 0 Å². The van der Waals surface area contributed by atoms with E-state index in [0.717, 1.165) is 0 Å². The molecule has 0 unspecified atom stereocenters. The zero-order valence-corrected chi connectivity index (χ0v) is 23.1. The lowest BCUT2D eigenvalue weighted by molar-refractivity contribution is -0.135. The van der Waals surface area contributed by atoms with Crippen LogP contribution in [0.15, 0.2) is 50.1 Å². The van der Waals surface area contributed by atoms with E-state index in [1.54, 1.807) is 32.3 Å². The summed E-state index contributed by atoms with van der Waals surface area (Å²) in [5, 5.41) is 7.25. The maximum absolute atomic E-state index is 13.2. The number of hydrogen-bond donors (Lipinski definition) is 2. The summed E-state index contributed by atoms with van der Waals surface area (Å²) >= 11 is 16.2. The normalized spacial score (nSPS) is 10.6. The van der Waals surface area contributed by atoms with Crippen LogP contribution in [0.5, 0.6) is 0 Å². The van der Waals surface area contributed by atoms with Gasteiger partial charge in [-0.15, -0.1) is 0 Å². The Kier molecular flexibility index (Phi) is 8.82. The molecule has 0 aliphatic carbocycles. The molecule has 3 amide bonds. The molecular formula is C20H16Br3ClN6O4. The molecule has 0 atom stereocenters. The highest BCUT2D eigenvalue weighted by Gasteiger charge is 2.23. The van der Waals surface area contributed by atoms with Crippen molar-refractivity contribution in [2.24, 2.45) is 0 Å². The number of likely N-dealkylation sites (N-methyl/N-ethyl adjacent to an activating group) is 1. The quantitative estimate of drug-likeness (QED) is 0.362. The van der Waals surface area contributed by atoms with Crippen molar-refractivity contribution in [3.05, 3.63) is 66.4 Å². The molecule has 0 fully saturated rings. The van der Waals surface area contributed by atoms with Crippen LogP contribution in [0.4, 0.5) is 5.69 Å². The lowest BCUT2D eigenvalue weighted by Gasteiger charge is -2.15. The van der Waals surface area contributed by atoms with Crippen LogP contribution in [0.25, 0.3) is 5.82 Å². The smallest absolute Gasteiger partial charge is 0.277 e. The Morgan fingerprint density at radius 2 is 1.88 bits per heavy atom. The van der Waals surface area contributed by atoms with Crippen LogP contribution >= 0.6 is 59.4 Å². The number of anilines is 1. The number of carbonyl (C=O) groups excluding carboxylic acids is 3. The number of hydroxylamine groups is 1. The molecule has 1 aromatic carbocycles. The first kappa shape index (κ1) is 26.3. The largest absolute Gasteiger partial charge is 0.347 e. The Balaban J connectivity index is 1.89. The van der Waals surface area contributed by atoms with Gasteiger partial charge in [0.15, 0.2) is 12.4 Å². The van der Waals surface area contributed by atoms with E-state index in [0.29, 0.717) is 18.6 Å². The van der Waals surface area contributed by atoms with Crippen LogP contribution in [-0.2, 0) is 9.63 Å². The van der Waals surface area contributed by atoms with E-state index in [9.17, 15) is 14.4 Å². The molecule has 2 heterocycles. The van der Waals surface area contributed by atoms with Gasteiger partial charge in [-0.2, -0.15) is 5.10 Å². The lowest BCUT2D eigenvalue weighted by atomic mass is 10.1. The van der Waals surface area contributed by atoms with Crippen LogP contribution in [0, 0.1) is 0 Å². The number of benzene rings is 1. The van der Waals surface area contributed by atoms with Gasteiger partial charge < -0.3 is 10.2 Å². The number of carbonyl (C=O) groups is 3. The van der Waals surface area contributed by atoms with Gasteiger partial charge in [-0.05, 0) is 56.1 Å². The van der Waals surface area contributed by atoms with Crippen LogP contribution in [0.2, 0.25) is 5.02 Å². The molecule has 0 bridgehead atoms. The van der Waals surface area contributed by atoms with Crippen molar-refractivity contribution in [3.8, 4) is 5.82 Å². The molecule has 14 heteroatoms. The molecule has 2 aromatic heterocycles. The molecular weight excluding hydrogens is 663 g/mol. The van der Waals surface area contributed by atoms with Crippen LogP contribution in [-0.4, -0.2) is 58.1 Å². The van der Waals surface area contributed by atoms with E-state index in [2.05, 4.69) is 68.7 Å². The molecule has 0 aliphatic heterocycles. The first-order chi connectivity index (χ1) is 16.1. The van der Waals surface area contributed by atoms with Crippen molar-refractivity contribution in [2.75, 3.05) is 26.0 Å². The maximum atomic E-state index is 13.2. The zero-order valence-electron chi connectivity index (χ0n) is 17.6. The van der Waals surface area contributed by atoms with E-state index in [1.807, 2.05) is 0 Å². The Bertz CT molecular complexity index is 1270. The number of pyridine rings is 1. The second-order valence-corrected chi connectivity index (χ2v) is 9.83. The van der Waals surface area contributed by atoms with E-state index in [-0.39, 0.29) is 35.3 Å². The van der Waals surface area contributed by atoms with Crippen LogP contribution in [0.1, 0.15) is 20.8 Å². The fourth-order valence-corrected chi connectivity index (χ4v) is 4.51. The van der Waals surface area contributed by atoms with Gasteiger partial charge in [0.1, 0.15) is 10.3 Å². The maximum Gasteiger partial charge on any atom is 0.277 e. The van der Waals surface area contributed by atoms with Crippen molar-refractivity contribution < 1.29 is 19.2 Å². The molecule has 10 nitrogen and oxygen atoms in total. The highest BCUT2D eigenvalue weighted by molar-refractivity contribution is 9.11. The summed E-state index contributed by atoms with van der Waals surface area (Å²) in [7, 11) is 3.13. The van der Waals surface area contributed by atoms with Gasteiger partial charge in [0, 0.05) is 35.3 Å². The average molecular weight is 680 g/mol. The number of amides is 3. The lowest BCUT2D eigenvalue weighted by Crippen LogP contribution is -2.32. The molecule has 0 saturated carbocycles. The minimum absolute atomic E-state index is 0.0768. The van der Waals surface area contributed by atoms with Crippen molar-refractivity contribution in [1.82, 2.24) is 25.1 Å². The monoisotopic (exact) mass is 676 g/mol. The Morgan fingerprint density at radius 3 is 2.56 bits per heavy atom. The number of rotatable bonds is 7. The fraction of sp³-hybridized carbons (Fsp3) is 0.150. The summed E-state index contributed by atoms with van der Waals surface area (Å²) < 4.78 is 2.65. The Morgan fingerprint density at radius 1 is 1.15 bits per heavy atom. The highest BCUT2D eigenvalue weighted by atomic mass is 79.9. The average Bonchev–Trinajstić information content (AvgIpc) is 3.16. The molecule has 3 rings (SSSR count). The number of nitrogens with one attached hydrogen (secondary N) is 2. The molecule has 2 N–H and O–H groups in total. The molecule has 178 valence electrons. The van der Waals surface area contributed by atoms with Crippen LogP contribution in [0.3, 0.4) is 0 Å². The Hall–Kier alpha value is -2.32. The summed E-state index contributed by atoms with van der Waals surface area (Å²) in [5.74, 6) is -1.34. The minimum Gasteiger partial charge on any atom is -0.347 e. The summed E-state index contributed by atoms with van der Waals surface area (Å²) in [6.45, 7) is -0.354. The number of nitrogens with zero attached hydrogens (tertiary/aromatic N) is 4. The zero-order chi connectivity index (χ0) is 25.0. The van der Waals surface area contributed by atoms with E-state index < -0.39 is 11.8 Å². The van der Waals surface area contributed by atoms with E-state index in [4.69, 9.17) is 16.4 Å². The van der Waals surface area contributed by atoms with E-state index in [1.165, 1.54) is 27.9 Å². The summed E-state index contributed by atoms with van der Waals surface area (Å²) in [4.78, 5) is 48.2. The molecule has 0 aliphatic rings. The standard InChI is InChI=1S/C20H16Br3ClN6O4/c1-29(2)16(31)9-34-28-19(32)11-6-10(21)7-12(22)17(11)26-20(33)14-8-15(23)27-30(14)18-13(24)4-3-5-25-18/h3-8H,9H2,1-2H3,(H,26,33)(H,28,32).